The van der Waals surface area contributed by atoms with Crippen molar-refractivity contribution in [1.29, 1.82) is 0 Å². The summed E-state index contributed by atoms with van der Waals surface area (Å²) in [6.45, 7) is 0. The van der Waals surface area contributed by atoms with Gasteiger partial charge in [0, 0.05) is 12.8 Å². The zero-order valence-corrected chi connectivity index (χ0v) is 14.5. The zero-order valence-electron chi connectivity index (χ0n) is 13.7. The van der Waals surface area contributed by atoms with E-state index in [2.05, 4.69) is 29.2 Å². The van der Waals surface area contributed by atoms with E-state index in [9.17, 15) is 9.90 Å². The number of ether oxygens (including phenoxy) is 1. The van der Waals surface area contributed by atoms with E-state index < -0.39 is 0 Å². The molecule has 4 rings (SSSR count). The Bertz CT molecular complexity index is 930. The van der Waals surface area contributed by atoms with Gasteiger partial charge in [0.15, 0.2) is 0 Å². The highest BCUT2D eigenvalue weighted by Crippen LogP contribution is 2.33. The summed E-state index contributed by atoms with van der Waals surface area (Å²) in [5.74, 6) is 0.901. The zero-order chi connectivity index (χ0) is 17.2. The van der Waals surface area contributed by atoms with Gasteiger partial charge in [0.1, 0.15) is 11.9 Å². The van der Waals surface area contributed by atoms with Gasteiger partial charge in [-0.15, -0.1) is 0 Å². The molecule has 25 heavy (non-hydrogen) atoms. The number of hydrogen-bond acceptors (Lipinski definition) is 4. The van der Waals surface area contributed by atoms with Crippen molar-refractivity contribution in [3.05, 3.63) is 79.8 Å². The topological polar surface area (TPSA) is 62.3 Å². The summed E-state index contributed by atoms with van der Waals surface area (Å²) in [4.78, 5) is 14.3. The van der Waals surface area contributed by atoms with Crippen molar-refractivity contribution in [2.24, 2.45) is 0 Å². The number of aromatic nitrogens is 1. The van der Waals surface area contributed by atoms with E-state index in [4.69, 9.17) is 4.74 Å². The fourth-order valence-corrected chi connectivity index (χ4v) is 4.13. The Kier molecular flexibility index (Phi) is 4.32. The smallest absolute Gasteiger partial charge is 0.307 e. The maximum atomic E-state index is 11.4. The molecule has 0 saturated carbocycles. The minimum atomic E-state index is -0.225. The molecule has 0 radical (unpaired) electrons. The van der Waals surface area contributed by atoms with Gasteiger partial charge in [0.25, 0.3) is 0 Å². The third-order valence-corrected chi connectivity index (χ3v) is 5.47. The van der Waals surface area contributed by atoms with Crippen molar-refractivity contribution in [2.75, 3.05) is 0 Å². The quantitative estimate of drug-likeness (QED) is 0.752. The number of thiazole rings is 1. The fraction of sp³-hybridized carbons (Fsp3) is 0.250. The van der Waals surface area contributed by atoms with Crippen LogP contribution in [0.15, 0.2) is 53.3 Å². The van der Waals surface area contributed by atoms with Gasteiger partial charge in [-0.2, -0.15) is 0 Å². The van der Waals surface area contributed by atoms with E-state index in [0.29, 0.717) is 11.3 Å². The van der Waals surface area contributed by atoms with Crippen LogP contribution in [0.2, 0.25) is 0 Å². The Morgan fingerprint density at radius 3 is 2.76 bits per heavy atom. The van der Waals surface area contributed by atoms with E-state index in [-0.39, 0.29) is 16.9 Å². The van der Waals surface area contributed by atoms with Crippen LogP contribution in [0.3, 0.4) is 0 Å². The number of aromatic hydroxyl groups is 1. The summed E-state index contributed by atoms with van der Waals surface area (Å²) in [6, 6.07) is 16.4. The number of rotatable bonds is 4. The Morgan fingerprint density at radius 1 is 1.16 bits per heavy atom. The lowest BCUT2D eigenvalue weighted by Crippen LogP contribution is -2.25. The van der Waals surface area contributed by atoms with Crippen molar-refractivity contribution in [3.63, 3.8) is 0 Å². The number of aromatic amines is 1. The molecule has 2 aromatic carbocycles. The van der Waals surface area contributed by atoms with Gasteiger partial charge in [-0.05, 0) is 35.6 Å². The third kappa shape index (κ3) is 3.46. The first-order valence-electron chi connectivity index (χ1n) is 8.41. The van der Waals surface area contributed by atoms with Gasteiger partial charge >= 0.3 is 4.87 Å². The largest absolute Gasteiger partial charge is 0.494 e. The molecule has 0 aliphatic carbocycles. The van der Waals surface area contributed by atoms with E-state index in [0.717, 1.165) is 41.9 Å². The van der Waals surface area contributed by atoms with Crippen LogP contribution in [0.25, 0.3) is 0 Å². The molecule has 2 heterocycles. The van der Waals surface area contributed by atoms with Crippen LogP contribution in [-0.2, 0) is 19.3 Å². The standard InChI is InChI=1S/C20H19NO3S/c22-19-18(25-20(23)21-19)12-14-7-4-8-17-16(14)10-9-15(24-17)11-13-5-2-1-3-6-13/h1-8,15,22H,9-12H2,(H,21,23). The molecule has 0 spiro atoms. The molecular weight excluding hydrogens is 334 g/mol. The Labute approximate surface area is 149 Å². The second-order valence-electron chi connectivity index (χ2n) is 6.33. The molecule has 2 N–H and O–H groups in total. The Balaban J connectivity index is 1.54. The predicted octanol–water partition coefficient (Wildman–Crippen LogP) is 3.67. The summed E-state index contributed by atoms with van der Waals surface area (Å²) < 4.78 is 6.22. The molecular formula is C20H19NO3S. The molecule has 0 saturated heterocycles. The first-order valence-corrected chi connectivity index (χ1v) is 9.23. The number of H-pyrrole nitrogens is 1. The molecule has 1 aliphatic rings. The van der Waals surface area contributed by atoms with Gasteiger partial charge in [-0.3, -0.25) is 9.78 Å². The monoisotopic (exact) mass is 353 g/mol. The van der Waals surface area contributed by atoms with E-state index in [1.807, 2.05) is 24.3 Å². The number of hydrogen-bond donors (Lipinski definition) is 2. The number of fused-ring (bicyclic) bond motifs is 1. The van der Waals surface area contributed by atoms with Gasteiger partial charge in [0.05, 0.1) is 4.88 Å². The lowest BCUT2D eigenvalue weighted by molar-refractivity contribution is 0.173. The minimum absolute atomic E-state index is 0.0220. The summed E-state index contributed by atoms with van der Waals surface area (Å²) in [7, 11) is 0. The van der Waals surface area contributed by atoms with E-state index in [1.54, 1.807) is 0 Å². The molecule has 5 heteroatoms. The molecule has 1 aliphatic heterocycles. The van der Waals surface area contributed by atoms with Crippen molar-refractivity contribution in [3.8, 4) is 11.6 Å². The normalized spacial score (nSPS) is 16.2. The van der Waals surface area contributed by atoms with Gasteiger partial charge in [-0.1, -0.05) is 53.8 Å². The number of benzene rings is 2. The Hall–Kier alpha value is -2.53. The molecule has 0 fully saturated rings. The summed E-state index contributed by atoms with van der Waals surface area (Å²) >= 11 is 1.06. The maximum Gasteiger partial charge on any atom is 0.307 e. The third-order valence-electron chi connectivity index (χ3n) is 4.60. The lowest BCUT2D eigenvalue weighted by Gasteiger charge is -2.28. The first kappa shape index (κ1) is 16.0. The van der Waals surface area contributed by atoms with Crippen LogP contribution < -0.4 is 9.61 Å². The summed E-state index contributed by atoms with van der Waals surface area (Å²) in [6.07, 6.45) is 3.55. The summed E-state index contributed by atoms with van der Waals surface area (Å²) in [5.41, 5.74) is 3.59. The van der Waals surface area contributed by atoms with Crippen LogP contribution in [-0.4, -0.2) is 16.2 Å². The van der Waals surface area contributed by atoms with Crippen LogP contribution in [0.1, 0.15) is 28.0 Å². The van der Waals surface area contributed by atoms with Crippen LogP contribution >= 0.6 is 11.3 Å². The number of nitrogens with one attached hydrogen (secondary N) is 1. The highest BCUT2D eigenvalue weighted by atomic mass is 32.1. The SMILES string of the molecule is O=c1[nH]c(O)c(Cc2cccc3c2CCC(Cc2ccccc2)O3)s1. The van der Waals surface area contributed by atoms with Crippen molar-refractivity contribution in [2.45, 2.75) is 31.8 Å². The van der Waals surface area contributed by atoms with Crippen molar-refractivity contribution >= 4 is 11.3 Å². The van der Waals surface area contributed by atoms with E-state index in [1.165, 1.54) is 11.1 Å². The molecule has 0 bridgehead atoms. The highest BCUT2D eigenvalue weighted by molar-refractivity contribution is 7.09. The predicted molar refractivity (Wildman–Crippen MR) is 98.7 cm³/mol. The first-order chi connectivity index (χ1) is 12.2. The van der Waals surface area contributed by atoms with Gasteiger partial charge in [-0.25, -0.2) is 0 Å². The molecule has 0 amide bonds. The summed E-state index contributed by atoms with van der Waals surface area (Å²) in [5, 5.41) is 9.83. The Morgan fingerprint density at radius 2 is 2.00 bits per heavy atom. The minimum Gasteiger partial charge on any atom is -0.494 e. The molecule has 1 atom stereocenters. The average molecular weight is 353 g/mol. The van der Waals surface area contributed by atoms with Gasteiger partial charge in [0.2, 0.25) is 5.88 Å². The molecule has 128 valence electrons. The van der Waals surface area contributed by atoms with Crippen LogP contribution in [0.5, 0.6) is 11.6 Å². The average Bonchev–Trinajstić information content (AvgIpc) is 2.93. The highest BCUT2D eigenvalue weighted by Gasteiger charge is 2.23. The van der Waals surface area contributed by atoms with E-state index >= 15 is 0 Å². The van der Waals surface area contributed by atoms with Gasteiger partial charge < -0.3 is 9.84 Å². The van der Waals surface area contributed by atoms with Crippen molar-refractivity contribution < 1.29 is 9.84 Å². The van der Waals surface area contributed by atoms with Crippen molar-refractivity contribution in [1.82, 2.24) is 4.98 Å². The lowest BCUT2D eigenvalue weighted by atomic mass is 9.93. The molecule has 3 aromatic rings. The molecule has 1 unspecified atom stereocenters. The fourth-order valence-electron chi connectivity index (χ4n) is 3.38. The second-order valence-corrected chi connectivity index (χ2v) is 7.39. The maximum absolute atomic E-state index is 11.4. The van der Waals surface area contributed by atoms with Crippen LogP contribution in [0, 0.1) is 0 Å². The second kappa shape index (κ2) is 6.76. The molecule has 1 aromatic heterocycles. The molecule has 4 nitrogen and oxygen atoms in total. The van der Waals surface area contributed by atoms with Crippen LogP contribution in [0.4, 0.5) is 0 Å².